The molecule has 2 atom stereocenters. The average Bonchev–Trinajstić information content (AvgIpc) is 3.24. The molecule has 2 aromatic rings. The Morgan fingerprint density at radius 3 is 2.81 bits per heavy atom. The third-order valence-corrected chi connectivity index (χ3v) is 6.50. The summed E-state index contributed by atoms with van der Waals surface area (Å²) in [6.07, 6.45) is 5.47. The molecule has 0 bridgehead atoms. The van der Waals surface area contributed by atoms with Crippen LogP contribution in [-0.4, -0.2) is 18.0 Å². The molecule has 5 heteroatoms. The number of aryl methyl sites for hydroxylation is 3. The zero-order valence-electron chi connectivity index (χ0n) is 14.9. The highest BCUT2D eigenvalue weighted by atomic mass is 32.1. The van der Waals surface area contributed by atoms with Gasteiger partial charge < -0.3 is 10.1 Å². The van der Waals surface area contributed by atoms with Gasteiger partial charge in [-0.3, -0.25) is 4.79 Å². The Labute approximate surface area is 157 Å². The Hall–Kier alpha value is -2.14. The van der Waals surface area contributed by atoms with Crippen LogP contribution < -0.4 is 5.32 Å². The first-order chi connectivity index (χ1) is 12.6. The van der Waals surface area contributed by atoms with E-state index in [4.69, 9.17) is 4.74 Å². The fraction of sp³-hybridized carbons (Fsp3) is 0.429. The van der Waals surface area contributed by atoms with E-state index in [1.807, 2.05) is 18.2 Å². The molecule has 26 heavy (non-hydrogen) atoms. The second-order valence-corrected chi connectivity index (χ2v) is 8.25. The van der Waals surface area contributed by atoms with Gasteiger partial charge in [0, 0.05) is 4.88 Å². The lowest BCUT2D eigenvalue weighted by atomic mass is 9.87. The number of nitrogens with one attached hydrogen (secondary N) is 1. The number of ether oxygens (including phenoxy) is 1. The van der Waals surface area contributed by atoms with Crippen molar-refractivity contribution >= 4 is 23.2 Å². The minimum absolute atomic E-state index is 0.000795. The van der Waals surface area contributed by atoms with Gasteiger partial charge in [0.25, 0.3) is 5.91 Å². The maximum Gasteiger partial charge on any atom is 0.349 e. The van der Waals surface area contributed by atoms with Crippen LogP contribution in [-0.2, 0) is 28.8 Å². The SMILES string of the molecule is CC(OC(=O)c1cc2c(s1)CCC2)C(=O)NC1CCCc2ccccc21. The van der Waals surface area contributed by atoms with Crippen molar-refractivity contribution < 1.29 is 14.3 Å². The predicted octanol–water partition coefficient (Wildman–Crippen LogP) is 3.98. The van der Waals surface area contributed by atoms with Gasteiger partial charge in [-0.25, -0.2) is 4.79 Å². The van der Waals surface area contributed by atoms with E-state index in [2.05, 4.69) is 17.4 Å². The number of thiophene rings is 1. The molecule has 0 saturated carbocycles. The molecule has 0 saturated heterocycles. The fourth-order valence-electron chi connectivity index (χ4n) is 3.89. The quantitative estimate of drug-likeness (QED) is 0.830. The number of fused-ring (bicyclic) bond motifs is 2. The van der Waals surface area contributed by atoms with E-state index in [9.17, 15) is 9.59 Å². The third kappa shape index (κ3) is 3.40. The normalized spacial score (nSPS) is 19.3. The highest BCUT2D eigenvalue weighted by Crippen LogP contribution is 2.31. The standard InChI is InChI=1S/C21H23NO3S/c1-13(25-21(24)19-12-15-8-5-11-18(15)26-19)20(23)22-17-10-4-7-14-6-2-3-9-16(14)17/h2-3,6,9,12-13,17H,4-5,7-8,10-11H2,1H3,(H,22,23). The molecule has 2 aliphatic rings. The van der Waals surface area contributed by atoms with E-state index >= 15 is 0 Å². The van der Waals surface area contributed by atoms with Crippen molar-refractivity contribution in [2.45, 2.75) is 57.6 Å². The molecule has 1 N–H and O–H groups in total. The molecule has 2 unspecified atom stereocenters. The molecule has 4 nitrogen and oxygen atoms in total. The smallest absolute Gasteiger partial charge is 0.349 e. The van der Waals surface area contributed by atoms with Crippen LogP contribution in [0.25, 0.3) is 0 Å². The minimum Gasteiger partial charge on any atom is -0.448 e. The van der Waals surface area contributed by atoms with E-state index in [0.29, 0.717) is 4.88 Å². The van der Waals surface area contributed by atoms with Gasteiger partial charge in [-0.2, -0.15) is 0 Å². The van der Waals surface area contributed by atoms with Crippen LogP contribution in [0.2, 0.25) is 0 Å². The summed E-state index contributed by atoms with van der Waals surface area (Å²) >= 11 is 1.50. The molecule has 0 spiro atoms. The highest BCUT2D eigenvalue weighted by molar-refractivity contribution is 7.14. The summed E-state index contributed by atoms with van der Waals surface area (Å²) in [6, 6.07) is 10.2. The van der Waals surface area contributed by atoms with Gasteiger partial charge in [0.15, 0.2) is 6.10 Å². The van der Waals surface area contributed by atoms with Crippen molar-refractivity contribution in [3.05, 3.63) is 56.8 Å². The van der Waals surface area contributed by atoms with Crippen LogP contribution in [0.5, 0.6) is 0 Å². The molecule has 136 valence electrons. The molecular weight excluding hydrogens is 346 g/mol. The summed E-state index contributed by atoms with van der Waals surface area (Å²) in [7, 11) is 0. The van der Waals surface area contributed by atoms with Gasteiger partial charge >= 0.3 is 5.97 Å². The van der Waals surface area contributed by atoms with Gasteiger partial charge in [0.1, 0.15) is 4.88 Å². The fourth-order valence-corrected chi connectivity index (χ4v) is 5.03. The van der Waals surface area contributed by atoms with Gasteiger partial charge in [-0.15, -0.1) is 11.3 Å². The van der Waals surface area contributed by atoms with Gasteiger partial charge in [-0.1, -0.05) is 24.3 Å². The Morgan fingerprint density at radius 1 is 1.15 bits per heavy atom. The summed E-state index contributed by atoms with van der Waals surface area (Å²) < 4.78 is 5.42. The van der Waals surface area contributed by atoms with Crippen molar-refractivity contribution in [2.24, 2.45) is 0 Å². The van der Waals surface area contributed by atoms with Crippen molar-refractivity contribution in [1.29, 1.82) is 0 Å². The Balaban J connectivity index is 1.38. The molecule has 0 fully saturated rings. The van der Waals surface area contributed by atoms with E-state index in [0.717, 1.165) is 38.5 Å². The Kier molecular flexibility index (Phi) is 4.81. The lowest BCUT2D eigenvalue weighted by Gasteiger charge is -2.27. The highest BCUT2D eigenvalue weighted by Gasteiger charge is 2.27. The van der Waals surface area contributed by atoms with E-state index in [1.54, 1.807) is 6.92 Å². The van der Waals surface area contributed by atoms with Crippen LogP contribution >= 0.6 is 11.3 Å². The van der Waals surface area contributed by atoms with Crippen LogP contribution in [0.1, 0.15) is 63.5 Å². The second-order valence-electron chi connectivity index (χ2n) is 7.11. The topological polar surface area (TPSA) is 55.4 Å². The lowest BCUT2D eigenvalue weighted by Crippen LogP contribution is -2.39. The number of carbonyl (C=O) groups is 2. The summed E-state index contributed by atoms with van der Waals surface area (Å²) in [6.45, 7) is 1.64. The number of esters is 1. The molecule has 2 aliphatic carbocycles. The second kappa shape index (κ2) is 7.23. The zero-order chi connectivity index (χ0) is 18.1. The van der Waals surface area contributed by atoms with E-state index in [-0.39, 0.29) is 11.9 Å². The number of hydrogen-bond acceptors (Lipinski definition) is 4. The number of rotatable bonds is 4. The summed E-state index contributed by atoms with van der Waals surface area (Å²) in [5.41, 5.74) is 3.74. The minimum atomic E-state index is -0.798. The summed E-state index contributed by atoms with van der Waals surface area (Å²) in [5.74, 6) is -0.625. The molecular formula is C21H23NO3S. The first-order valence-electron chi connectivity index (χ1n) is 9.32. The predicted molar refractivity (Wildman–Crippen MR) is 101 cm³/mol. The monoisotopic (exact) mass is 369 g/mol. The summed E-state index contributed by atoms with van der Waals surface area (Å²) in [4.78, 5) is 26.8. The molecule has 1 aromatic carbocycles. The largest absolute Gasteiger partial charge is 0.448 e. The van der Waals surface area contributed by atoms with Crippen molar-refractivity contribution in [1.82, 2.24) is 5.32 Å². The van der Waals surface area contributed by atoms with Crippen molar-refractivity contribution in [2.75, 3.05) is 0 Å². The molecule has 4 rings (SSSR count). The van der Waals surface area contributed by atoms with Crippen molar-refractivity contribution in [3.8, 4) is 0 Å². The average molecular weight is 369 g/mol. The van der Waals surface area contributed by atoms with Gasteiger partial charge in [0.2, 0.25) is 0 Å². The first-order valence-corrected chi connectivity index (χ1v) is 10.1. The lowest BCUT2D eigenvalue weighted by molar-refractivity contribution is -0.130. The van der Waals surface area contributed by atoms with Gasteiger partial charge in [-0.05, 0) is 68.2 Å². The number of hydrogen-bond donors (Lipinski definition) is 1. The Morgan fingerprint density at radius 2 is 1.96 bits per heavy atom. The first kappa shape index (κ1) is 17.3. The van der Waals surface area contributed by atoms with Crippen LogP contribution in [0.15, 0.2) is 30.3 Å². The van der Waals surface area contributed by atoms with E-state index in [1.165, 1.54) is 32.9 Å². The maximum atomic E-state index is 12.5. The van der Waals surface area contributed by atoms with E-state index < -0.39 is 12.1 Å². The van der Waals surface area contributed by atoms with Crippen LogP contribution in [0.4, 0.5) is 0 Å². The molecule has 0 aliphatic heterocycles. The van der Waals surface area contributed by atoms with Crippen LogP contribution in [0.3, 0.4) is 0 Å². The van der Waals surface area contributed by atoms with Gasteiger partial charge in [0.05, 0.1) is 6.04 Å². The number of carbonyl (C=O) groups excluding carboxylic acids is 2. The van der Waals surface area contributed by atoms with Crippen LogP contribution in [0, 0.1) is 0 Å². The molecule has 1 amide bonds. The summed E-state index contributed by atoms with van der Waals surface area (Å²) in [5, 5.41) is 3.06. The number of amides is 1. The number of benzene rings is 1. The van der Waals surface area contributed by atoms with Crippen molar-refractivity contribution in [3.63, 3.8) is 0 Å². The zero-order valence-corrected chi connectivity index (χ0v) is 15.7. The molecule has 1 heterocycles. The maximum absolute atomic E-state index is 12.5. The molecule has 1 aromatic heterocycles. The molecule has 0 radical (unpaired) electrons. The Bertz CT molecular complexity index is 820. The third-order valence-electron chi connectivity index (χ3n) is 5.29.